The minimum Gasteiger partial charge on any atom is -0.465 e. The lowest BCUT2D eigenvalue weighted by atomic mass is 9.98. The highest BCUT2D eigenvalue weighted by Gasteiger charge is 2.09. The summed E-state index contributed by atoms with van der Waals surface area (Å²) in [6.07, 6.45) is 4.33. The summed E-state index contributed by atoms with van der Waals surface area (Å²) in [5.41, 5.74) is 5.86. The number of allylic oxidation sites excluding steroid dienone is 1. The van der Waals surface area contributed by atoms with E-state index in [0.717, 1.165) is 27.8 Å². The zero-order chi connectivity index (χ0) is 23.5. The number of rotatable bonds is 8. The van der Waals surface area contributed by atoms with Crippen molar-refractivity contribution in [3.63, 3.8) is 0 Å². The highest BCUT2D eigenvalue weighted by molar-refractivity contribution is 5.89. The van der Waals surface area contributed by atoms with Gasteiger partial charge in [-0.1, -0.05) is 60.4 Å². The molecule has 168 valence electrons. The number of hydrogen-bond donors (Lipinski definition) is 0. The molecule has 4 nitrogen and oxygen atoms in total. The van der Waals surface area contributed by atoms with Crippen LogP contribution in [0.5, 0.6) is 0 Å². The lowest BCUT2D eigenvalue weighted by molar-refractivity contribution is -0.118. The first-order valence-electron chi connectivity index (χ1n) is 10.8. The number of esters is 1. The summed E-state index contributed by atoms with van der Waals surface area (Å²) in [7, 11) is 3.03. The normalized spacial score (nSPS) is 11.6. The molecule has 33 heavy (non-hydrogen) atoms. The first kappa shape index (κ1) is 24.0. The van der Waals surface area contributed by atoms with Crippen LogP contribution in [0.15, 0.2) is 78.9 Å². The quantitative estimate of drug-likeness (QED) is 0.254. The predicted octanol–water partition coefficient (Wildman–Crippen LogP) is 5.76. The first-order chi connectivity index (χ1) is 16.1. The van der Waals surface area contributed by atoms with E-state index in [1.54, 1.807) is 19.2 Å². The molecule has 0 heterocycles. The van der Waals surface area contributed by atoms with Gasteiger partial charge in [-0.15, -0.1) is 0 Å². The Morgan fingerprint density at radius 2 is 1.70 bits per heavy atom. The van der Waals surface area contributed by atoms with E-state index in [1.165, 1.54) is 7.11 Å². The van der Waals surface area contributed by atoms with Gasteiger partial charge < -0.3 is 14.2 Å². The molecule has 0 saturated carbocycles. The van der Waals surface area contributed by atoms with Crippen molar-refractivity contribution in [3.05, 3.63) is 101 Å². The molecule has 0 aliphatic heterocycles. The lowest BCUT2D eigenvalue weighted by Crippen LogP contribution is -2.18. The van der Waals surface area contributed by atoms with E-state index in [9.17, 15) is 4.79 Å². The maximum Gasteiger partial charge on any atom is 0.337 e. The van der Waals surface area contributed by atoms with Gasteiger partial charge in [-0.05, 0) is 65.6 Å². The summed E-state index contributed by atoms with van der Waals surface area (Å²) in [6.45, 7) is 2.59. The van der Waals surface area contributed by atoms with Crippen LogP contribution in [-0.2, 0) is 20.6 Å². The molecule has 0 bridgehead atoms. The third-order valence-corrected chi connectivity index (χ3v) is 5.11. The third-order valence-electron chi connectivity index (χ3n) is 5.11. The number of benzene rings is 3. The van der Waals surface area contributed by atoms with Crippen molar-refractivity contribution in [1.29, 1.82) is 0 Å². The summed E-state index contributed by atoms with van der Waals surface area (Å²) in [4.78, 5) is 11.5. The summed E-state index contributed by atoms with van der Waals surface area (Å²) >= 11 is 0. The van der Waals surface area contributed by atoms with Crippen molar-refractivity contribution >= 4 is 12.0 Å². The molecule has 0 fully saturated rings. The highest BCUT2D eigenvalue weighted by Crippen LogP contribution is 2.25. The van der Waals surface area contributed by atoms with Crippen LogP contribution in [0, 0.1) is 11.8 Å². The SMILES string of the molecule is CCOC(Cc1ccc(-c2ccccc2C=CC#Cc2ccc(C(=O)OC)cc2)cc1)OC. The van der Waals surface area contributed by atoms with E-state index < -0.39 is 0 Å². The second-order valence-corrected chi connectivity index (χ2v) is 7.28. The summed E-state index contributed by atoms with van der Waals surface area (Å²) < 4.78 is 15.7. The maximum absolute atomic E-state index is 11.5. The molecular weight excluding hydrogens is 412 g/mol. The Balaban J connectivity index is 1.71. The Kier molecular flexibility index (Phi) is 9.02. The molecule has 0 aliphatic carbocycles. The highest BCUT2D eigenvalue weighted by atomic mass is 16.7. The van der Waals surface area contributed by atoms with Crippen LogP contribution in [0.1, 0.15) is 34.0 Å². The molecule has 3 aromatic carbocycles. The van der Waals surface area contributed by atoms with Crippen LogP contribution in [0.2, 0.25) is 0 Å². The predicted molar refractivity (Wildman–Crippen MR) is 132 cm³/mol. The Bertz CT molecular complexity index is 1130. The van der Waals surface area contributed by atoms with E-state index in [4.69, 9.17) is 14.2 Å². The van der Waals surface area contributed by atoms with Crippen LogP contribution < -0.4 is 0 Å². The standard InChI is InChI=1S/C29H28O4/c1-4-33-28(31-2)21-23-15-17-25(18-16-23)27-12-8-7-11-24(27)10-6-5-9-22-13-19-26(20-14-22)29(30)32-3/h6-8,10-20,28H,4,21H2,1-3H3. The molecule has 0 aliphatic rings. The second kappa shape index (κ2) is 12.4. The van der Waals surface area contributed by atoms with Crippen LogP contribution in [-0.4, -0.2) is 33.1 Å². The van der Waals surface area contributed by atoms with Crippen LogP contribution in [0.3, 0.4) is 0 Å². The Labute approximate surface area is 195 Å². The van der Waals surface area contributed by atoms with Crippen molar-refractivity contribution in [2.75, 3.05) is 20.8 Å². The number of methoxy groups -OCH3 is 2. The van der Waals surface area contributed by atoms with Gasteiger partial charge in [-0.3, -0.25) is 0 Å². The van der Waals surface area contributed by atoms with E-state index in [2.05, 4.69) is 48.2 Å². The van der Waals surface area contributed by atoms with Gasteiger partial charge in [-0.25, -0.2) is 4.79 Å². The average Bonchev–Trinajstić information content (AvgIpc) is 2.87. The molecule has 0 spiro atoms. The molecular formula is C29H28O4. The fourth-order valence-corrected chi connectivity index (χ4v) is 3.38. The van der Waals surface area contributed by atoms with E-state index in [-0.39, 0.29) is 12.3 Å². The Morgan fingerprint density at radius 3 is 2.36 bits per heavy atom. The van der Waals surface area contributed by atoms with Crippen LogP contribution >= 0.6 is 0 Å². The van der Waals surface area contributed by atoms with Gasteiger partial charge >= 0.3 is 5.97 Å². The monoisotopic (exact) mass is 440 g/mol. The lowest BCUT2D eigenvalue weighted by Gasteiger charge is -2.15. The number of carbonyl (C=O) groups excluding carboxylic acids is 1. The van der Waals surface area contributed by atoms with E-state index in [1.807, 2.05) is 43.3 Å². The van der Waals surface area contributed by atoms with Gasteiger partial charge in [0.2, 0.25) is 0 Å². The largest absolute Gasteiger partial charge is 0.465 e. The van der Waals surface area contributed by atoms with Crippen LogP contribution in [0.25, 0.3) is 17.2 Å². The Hall–Kier alpha value is -3.65. The second-order valence-electron chi connectivity index (χ2n) is 7.28. The van der Waals surface area contributed by atoms with Crippen molar-refractivity contribution in [2.45, 2.75) is 19.6 Å². The molecule has 1 atom stereocenters. The third kappa shape index (κ3) is 6.92. The average molecular weight is 441 g/mol. The van der Waals surface area contributed by atoms with E-state index >= 15 is 0 Å². The van der Waals surface area contributed by atoms with Gasteiger partial charge in [0.05, 0.1) is 12.7 Å². The minimum absolute atomic E-state index is 0.230. The number of carbonyl (C=O) groups is 1. The molecule has 0 radical (unpaired) electrons. The number of hydrogen-bond acceptors (Lipinski definition) is 4. The maximum atomic E-state index is 11.5. The van der Waals surface area contributed by atoms with Crippen molar-refractivity contribution in [1.82, 2.24) is 0 Å². The topological polar surface area (TPSA) is 44.8 Å². The zero-order valence-corrected chi connectivity index (χ0v) is 19.2. The number of ether oxygens (including phenoxy) is 3. The van der Waals surface area contributed by atoms with Crippen LogP contribution in [0.4, 0.5) is 0 Å². The minimum atomic E-state index is -0.355. The molecule has 1 unspecified atom stereocenters. The summed E-state index contributed by atoms with van der Waals surface area (Å²) in [5.74, 6) is 5.80. The molecule has 3 aromatic rings. The fourth-order valence-electron chi connectivity index (χ4n) is 3.38. The molecule has 4 heteroatoms. The van der Waals surface area contributed by atoms with Gasteiger partial charge in [0.25, 0.3) is 0 Å². The van der Waals surface area contributed by atoms with E-state index in [0.29, 0.717) is 18.6 Å². The van der Waals surface area contributed by atoms with Crippen molar-refractivity contribution < 1.29 is 19.0 Å². The van der Waals surface area contributed by atoms with Crippen molar-refractivity contribution in [2.24, 2.45) is 0 Å². The molecule has 0 aromatic heterocycles. The van der Waals surface area contributed by atoms with Crippen molar-refractivity contribution in [3.8, 4) is 23.0 Å². The smallest absolute Gasteiger partial charge is 0.337 e. The first-order valence-corrected chi connectivity index (χ1v) is 10.8. The van der Waals surface area contributed by atoms with Gasteiger partial charge in [0.15, 0.2) is 6.29 Å². The Morgan fingerprint density at radius 1 is 0.970 bits per heavy atom. The molecule has 0 N–H and O–H groups in total. The van der Waals surface area contributed by atoms with Gasteiger partial charge in [-0.2, -0.15) is 0 Å². The molecule has 3 rings (SSSR count). The molecule has 0 saturated heterocycles. The van der Waals surface area contributed by atoms with Gasteiger partial charge in [0.1, 0.15) is 0 Å². The molecule has 0 amide bonds. The summed E-state index contributed by atoms with van der Waals surface area (Å²) in [6, 6.07) is 23.7. The zero-order valence-electron chi connectivity index (χ0n) is 19.2. The summed E-state index contributed by atoms with van der Waals surface area (Å²) in [5, 5.41) is 0. The fraction of sp³-hybridized carbons (Fsp3) is 0.207. The van der Waals surface area contributed by atoms with Gasteiger partial charge in [0, 0.05) is 25.7 Å².